The van der Waals surface area contributed by atoms with Crippen molar-refractivity contribution in [1.29, 1.82) is 0 Å². The molecule has 38 heavy (non-hydrogen) atoms. The van der Waals surface area contributed by atoms with Gasteiger partial charge in [-0.05, 0) is 80.6 Å². The summed E-state index contributed by atoms with van der Waals surface area (Å²) in [5.74, 6) is 1.25. The fourth-order valence-corrected chi connectivity index (χ4v) is 4.92. The molecule has 0 fully saturated rings. The van der Waals surface area contributed by atoms with E-state index in [-0.39, 0.29) is 5.91 Å². The molecular formula is C30H32N6OS. The molecule has 0 radical (unpaired) electrons. The van der Waals surface area contributed by atoms with Crippen LogP contribution in [0.2, 0.25) is 0 Å². The first kappa shape index (κ1) is 25.8. The Bertz CT molecular complexity index is 1420. The van der Waals surface area contributed by atoms with Crippen LogP contribution in [0.1, 0.15) is 31.4 Å². The van der Waals surface area contributed by atoms with Crippen LogP contribution in [0, 0.1) is 6.92 Å². The number of anilines is 4. The molecule has 1 aliphatic rings. The molecule has 7 nitrogen and oxygen atoms in total. The van der Waals surface area contributed by atoms with Gasteiger partial charge in [0.2, 0.25) is 11.9 Å². The molecule has 0 saturated heterocycles. The van der Waals surface area contributed by atoms with E-state index in [2.05, 4.69) is 37.8 Å². The summed E-state index contributed by atoms with van der Waals surface area (Å²) in [6.07, 6.45) is 2.78. The van der Waals surface area contributed by atoms with E-state index >= 15 is 0 Å². The highest BCUT2D eigenvalue weighted by Gasteiger charge is 2.29. The van der Waals surface area contributed by atoms with Crippen LogP contribution in [-0.4, -0.2) is 29.0 Å². The van der Waals surface area contributed by atoms with Gasteiger partial charge in [0.15, 0.2) is 0 Å². The molecule has 0 unspecified atom stereocenters. The van der Waals surface area contributed by atoms with Gasteiger partial charge in [-0.15, -0.1) is 0 Å². The Morgan fingerprint density at radius 3 is 2.58 bits per heavy atom. The minimum atomic E-state index is -0.658. The minimum Gasteiger partial charge on any atom is -0.369 e. The average Bonchev–Trinajstić information content (AvgIpc) is 2.92. The first-order valence-electron chi connectivity index (χ1n) is 12.8. The topological polar surface area (TPSA) is 91.0 Å². The van der Waals surface area contributed by atoms with Gasteiger partial charge in [-0.2, -0.15) is 4.98 Å². The zero-order chi connectivity index (χ0) is 26.5. The summed E-state index contributed by atoms with van der Waals surface area (Å²) in [7, 11) is 0. The summed E-state index contributed by atoms with van der Waals surface area (Å²) < 4.78 is 3.41. The minimum absolute atomic E-state index is 0.0524. The van der Waals surface area contributed by atoms with Gasteiger partial charge in [-0.25, -0.2) is 4.98 Å². The van der Waals surface area contributed by atoms with Gasteiger partial charge >= 0.3 is 0 Å². The van der Waals surface area contributed by atoms with Gasteiger partial charge in [0.25, 0.3) is 0 Å². The summed E-state index contributed by atoms with van der Waals surface area (Å²) in [6, 6.07) is 24.1. The van der Waals surface area contributed by atoms with E-state index in [9.17, 15) is 4.79 Å². The van der Waals surface area contributed by atoms with Gasteiger partial charge in [-0.1, -0.05) is 48.0 Å². The Hall–Kier alpha value is -3.88. The second kappa shape index (κ2) is 11.2. The third-order valence-electron chi connectivity index (χ3n) is 6.61. The summed E-state index contributed by atoms with van der Waals surface area (Å²) in [5, 5.41) is 9.86. The number of rotatable bonds is 4. The predicted molar refractivity (Wildman–Crippen MR) is 157 cm³/mol. The van der Waals surface area contributed by atoms with Crippen molar-refractivity contribution < 1.29 is 4.79 Å². The molecule has 1 aliphatic heterocycles. The van der Waals surface area contributed by atoms with Gasteiger partial charge < -0.3 is 16.0 Å². The average molecular weight is 525 g/mol. The summed E-state index contributed by atoms with van der Waals surface area (Å²) in [4.78, 5) is 23.6. The van der Waals surface area contributed by atoms with Crippen molar-refractivity contribution in [3.63, 3.8) is 0 Å². The van der Waals surface area contributed by atoms with Gasteiger partial charge in [0.1, 0.15) is 5.82 Å². The number of benzene rings is 3. The van der Waals surface area contributed by atoms with Crippen molar-refractivity contribution in [3.05, 3.63) is 90.1 Å². The zero-order valence-electron chi connectivity index (χ0n) is 21.8. The Balaban J connectivity index is 1.35. The maximum absolute atomic E-state index is 13.1. The monoisotopic (exact) mass is 524 g/mol. The lowest BCUT2D eigenvalue weighted by Crippen LogP contribution is -2.34. The Labute approximate surface area is 228 Å². The summed E-state index contributed by atoms with van der Waals surface area (Å²) in [6.45, 7) is 7.57. The first-order chi connectivity index (χ1) is 18.4. The molecule has 0 saturated carbocycles. The number of nitrogens with zero attached hydrogens (tertiary/aromatic N) is 2. The second-order valence-electron chi connectivity index (χ2n) is 9.91. The van der Waals surface area contributed by atoms with Crippen molar-refractivity contribution in [2.24, 2.45) is 0 Å². The Morgan fingerprint density at radius 2 is 1.79 bits per heavy atom. The van der Waals surface area contributed by atoms with Gasteiger partial charge in [-0.3, -0.25) is 9.52 Å². The number of hydrogen-bond acceptors (Lipinski definition) is 7. The molecule has 4 bridgehead atoms. The summed E-state index contributed by atoms with van der Waals surface area (Å²) in [5.41, 5.74) is 5.04. The third-order valence-corrected chi connectivity index (χ3v) is 7.45. The fourth-order valence-electron chi connectivity index (χ4n) is 4.18. The van der Waals surface area contributed by atoms with E-state index < -0.39 is 5.41 Å². The van der Waals surface area contributed by atoms with Crippen molar-refractivity contribution >= 4 is 41.0 Å². The molecule has 8 heteroatoms. The zero-order valence-corrected chi connectivity index (χ0v) is 22.7. The Kier molecular flexibility index (Phi) is 7.62. The largest absolute Gasteiger partial charge is 0.369 e. The first-order valence-corrected chi connectivity index (χ1v) is 13.6. The maximum Gasteiger partial charge on any atom is 0.234 e. The SMILES string of the molecule is Cc1ccc(C(C)(C)C(=O)Nc2ccc(-c3cnc4nc3NCCCNSc3cccc(c3)N4)cc2)cc1. The lowest BCUT2D eigenvalue weighted by atomic mass is 9.83. The predicted octanol–water partition coefficient (Wildman–Crippen LogP) is 6.52. The van der Waals surface area contributed by atoms with Crippen LogP contribution in [-0.2, 0) is 10.2 Å². The second-order valence-corrected chi connectivity index (χ2v) is 10.9. The highest BCUT2D eigenvalue weighted by atomic mass is 32.2. The van der Waals surface area contributed by atoms with E-state index in [0.29, 0.717) is 5.95 Å². The molecule has 0 aliphatic carbocycles. The fraction of sp³-hybridized carbons (Fsp3) is 0.233. The summed E-state index contributed by atoms with van der Waals surface area (Å²) >= 11 is 1.62. The van der Waals surface area contributed by atoms with E-state index in [1.807, 2.05) is 87.6 Å². The van der Waals surface area contributed by atoms with E-state index in [0.717, 1.165) is 58.3 Å². The lowest BCUT2D eigenvalue weighted by molar-refractivity contribution is -0.120. The molecule has 0 atom stereocenters. The maximum atomic E-state index is 13.1. The number of carbonyl (C=O) groups excluding carboxylic acids is 1. The molecule has 5 rings (SSSR count). The number of carbonyl (C=O) groups is 1. The number of amides is 1. The standard InChI is InChI=1S/C30H32N6OS/c1-20-8-12-22(13-9-20)30(2,3)28(37)34-23-14-10-21(11-15-23)26-19-32-29-35-24-6-4-7-25(18-24)38-33-17-5-16-31-27(26)36-29/h4,6-15,18-19,33H,5,16-17H2,1-3H3,(H,34,37)(H2,31,32,35,36). The molecule has 194 valence electrons. The van der Waals surface area contributed by atoms with Crippen molar-refractivity contribution in [2.45, 2.75) is 37.5 Å². The molecule has 4 aromatic rings. The van der Waals surface area contributed by atoms with Crippen molar-refractivity contribution in [3.8, 4) is 11.1 Å². The van der Waals surface area contributed by atoms with Crippen molar-refractivity contribution in [1.82, 2.24) is 14.7 Å². The molecule has 4 N–H and O–H groups in total. The van der Waals surface area contributed by atoms with E-state index in [1.54, 1.807) is 11.9 Å². The lowest BCUT2D eigenvalue weighted by Gasteiger charge is -2.24. The molecule has 3 aromatic carbocycles. The highest BCUT2D eigenvalue weighted by Crippen LogP contribution is 2.30. The number of aryl methyl sites for hydroxylation is 1. The Morgan fingerprint density at radius 1 is 1.00 bits per heavy atom. The quantitative estimate of drug-likeness (QED) is 0.226. The van der Waals surface area contributed by atoms with E-state index in [1.165, 1.54) is 5.56 Å². The molecule has 1 amide bonds. The van der Waals surface area contributed by atoms with Crippen molar-refractivity contribution in [2.75, 3.05) is 29.0 Å². The van der Waals surface area contributed by atoms with E-state index in [4.69, 9.17) is 4.98 Å². The van der Waals surface area contributed by atoms with Crippen LogP contribution in [0.25, 0.3) is 11.1 Å². The molecular weight excluding hydrogens is 492 g/mol. The highest BCUT2D eigenvalue weighted by molar-refractivity contribution is 7.97. The van der Waals surface area contributed by atoms with Crippen LogP contribution in [0.15, 0.2) is 83.9 Å². The smallest absolute Gasteiger partial charge is 0.234 e. The molecule has 2 heterocycles. The number of nitrogens with one attached hydrogen (secondary N) is 4. The van der Waals surface area contributed by atoms with Crippen LogP contribution in [0.5, 0.6) is 0 Å². The number of hydrogen-bond donors (Lipinski definition) is 4. The number of aromatic nitrogens is 2. The van der Waals surface area contributed by atoms with Crippen LogP contribution < -0.4 is 20.7 Å². The molecule has 1 aromatic heterocycles. The third kappa shape index (κ3) is 5.98. The molecule has 0 spiro atoms. The van der Waals surface area contributed by atoms with Crippen LogP contribution in [0.4, 0.5) is 23.1 Å². The van der Waals surface area contributed by atoms with Gasteiger partial charge in [0, 0.05) is 41.1 Å². The van der Waals surface area contributed by atoms with Crippen LogP contribution in [0.3, 0.4) is 0 Å². The number of fused-ring (bicyclic) bond motifs is 4. The van der Waals surface area contributed by atoms with Gasteiger partial charge in [0.05, 0.1) is 5.41 Å². The van der Waals surface area contributed by atoms with Crippen LogP contribution >= 0.6 is 11.9 Å². The normalized spacial score (nSPS) is 13.7.